The molecule has 0 amide bonds. The number of benzene rings is 1. The highest BCUT2D eigenvalue weighted by atomic mass is 35.5. The molecule has 2 rings (SSSR count). The fraction of sp³-hybridized carbons (Fsp3) is 0.167. The maximum absolute atomic E-state index is 12.2. The lowest BCUT2D eigenvalue weighted by molar-refractivity contribution is 0.101. The molecular weight excluding hydrogens is 320 g/mol. The van der Waals surface area contributed by atoms with Crippen molar-refractivity contribution in [2.45, 2.75) is 18.1 Å². The first kappa shape index (κ1) is 15.0. The lowest BCUT2D eigenvalue weighted by Crippen LogP contribution is -2.13. The molecule has 8 heteroatoms. The van der Waals surface area contributed by atoms with E-state index in [1.165, 1.54) is 13.0 Å². The van der Waals surface area contributed by atoms with Gasteiger partial charge in [0, 0.05) is 11.3 Å². The summed E-state index contributed by atoms with van der Waals surface area (Å²) >= 11 is 6.60. The molecule has 0 fully saturated rings. The molecule has 0 bridgehead atoms. The number of carbonyl (C=O) groups excluding carboxylic acids is 1. The topological polar surface area (TPSA) is 76.1 Å². The highest BCUT2D eigenvalue weighted by Crippen LogP contribution is 2.28. The number of hydrogen-bond acceptors (Lipinski definition) is 5. The Labute approximate surface area is 125 Å². The van der Waals surface area contributed by atoms with Gasteiger partial charge in [0.15, 0.2) is 14.5 Å². The molecule has 5 nitrogen and oxygen atoms in total. The van der Waals surface area contributed by atoms with E-state index < -0.39 is 10.0 Å². The van der Waals surface area contributed by atoms with Crippen LogP contribution in [-0.4, -0.2) is 19.2 Å². The molecule has 0 unspecified atom stereocenters. The zero-order valence-electron chi connectivity index (χ0n) is 10.7. The Morgan fingerprint density at radius 2 is 2.10 bits per heavy atom. The minimum atomic E-state index is -3.76. The molecule has 0 aliphatic carbocycles. The number of nitrogens with zero attached hydrogens (tertiary/aromatic N) is 1. The van der Waals surface area contributed by atoms with E-state index >= 15 is 0 Å². The van der Waals surface area contributed by atoms with E-state index in [4.69, 9.17) is 11.6 Å². The normalized spacial score (nSPS) is 11.3. The number of carbonyl (C=O) groups is 1. The summed E-state index contributed by atoms with van der Waals surface area (Å²) in [6, 6.07) is 6.29. The van der Waals surface area contributed by atoms with Crippen molar-refractivity contribution in [1.82, 2.24) is 4.98 Å². The van der Waals surface area contributed by atoms with Gasteiger partial charge in [-0.2, -0.15) is 0 Å². The van der Waals surface area contributed by atoms with E-state index in [0.29, 0.717) is 16.9 Å². The van der Waals surface area contributed by atoms with Gasteiger partial charge in [0.05, 0.1) is 5.69 Å². The zero-order chi connectivity index (χ0) is 14.9. The number of Topliss-reactive ketones (excluding diaryl/α,β-unsaturated/α-hetero) is 1. The Kier molecular flexibility index (Phi) is 4.12. The van der Waals surface area contributed by atoms with E-state index in [2.05, 4.69) is 9.71 Å². The van der Waals surface area contributed by atoms with Crippen LogP contribution in [0.15, 0.2) is 28.5 Å². The molecule has 0 radical (unpaired) electrons. The molecule has 1 N–H and O–H groups in total. The zero-order valence-corrected chi connectivity index (χ0v) is 13.1. The molecule has 106 valence electrons. The molecular formula is C12H11ClN2O3S2. The molecule has 1 aromatic heterocycles. The molecule has 0 aliphatic heterocycles. The smallest absolute Gasteiger partial charge is 0.273 e. The van der Waals surface area contributed by atoms with E-state index in [-0.39, 0.29) is 14.5 Å². The summed E-state index contributed by atoms with van der Waals surface area (Å²) in [5.74, 6) is -0.136. The number of aryl methyl sites for hydroxylation is 1. The quantitative estimate of drug-likeness (QED) is 0.874. The first-order valence-electron chi connectivity index (χ1n) is 5.56. The average molecular weight is 331 g/mol. The molecule has 0 atom stereocenters. The number of sulfonamides is 1. The Balaban J connectivity index is 2.36. The molecule has 0 saturated carbocycles. The van der Waals surface area contributed by atoms with E-state index in [9.17, 15) is 13.2 Å². The standard InChI is InChI=1S/C12H11ClN2O3S2/c1-7-11(19-12(13)14-7)20(17,18)15-10-5-3-4-9(6-10)8(2)16/h3-6,15H,1-2H3. The number of thiazole rings is 1. The van der Waals surface area contributed by atoms with Crippen LogP contribution >= 0.6 is 22.9 Å². The van der Waals surface area contributed by atoms with Crippen molar-refractivity contribution in [3.05, 3.63) is 40.0 Å². The number of halogens is 1. The van der Waals surface area contributed by atoms with Crippen molar-refractivity contribution in [3.8, 4) is 0 Å². The lowest BCUT2D eigenvalue weighted by Gasteiger charge is -2.07. The summed E-state index contributed by atoms with van der Waals surface area (Å²) in [5, 5.41) is 0. The van der Waals surface area contributed by atoms with Gasteiger partial charge in [0.25, 0.3) is 10.0 Å². The van der Waals surface area contributed by atoms with Crippen molar-refractivity contribution in [1.29, 1.82) is 0 Å². The first-order valence-corrected chi connectivity index (χ1v) is 8.24. The fourth-order valence-electron chi connectivity index (χ4n) is 1.60. The van der Waals surface area contributed by atoms with Gasteiger partial charge in [-0.1, -0.05) is 35.1 Å². The molecule has 1 aromatic carbocycles. The molecule has 0 spiro atoms. The molecule has 0 aliphatic rings. The predicted octanol–water partition coefficient (Wildman–Crippen LogP) is 3.11. The van der Waals surface area contributed by atoms with Gasteiger partial charge in [-0.25, -0.2) is 13.4 Å². The summed E-state index contributed by atoms with van der Waals surface area (Å²) in [7, 11) is -3.76. The summed E-state index contributed by atoms with van der Waals surface area (Å²) in [6.07, 6.45) is 0. The van der Waals surface area contributed by atoms with E-state index in [1.807, 2.05) is 0 Å². The van der Waals surface area contributed by atoms with Crippen LogP contribution in [0.4, 0.5) is 5.69 Å². The Hall–Kier alpha value is -1.44. The molecule has 20 heavy (non-hydrogen) atoms. The van der Waals surface area contributed by atoms with Crippen molar-refractivity contribution >= 4 is 44.4 Å². The summed E-state index contributed by atoms with van der Waals surface area (Å²) in [6.45, 7) is 2.99. The van der Waals surface area contributed by atoms with Crippen LogP contribution in [0.5, 0.6) is 0 Å². The van der Waals surface area contributed by atoms with Crippen LogP contribution in [0.1, 0.15) is 23.0 Å². The lowest BCUT2D eigenvalue weighted by atomic mass is 10.1. The maximum Gasteiger partial charge on any atom is 0.273 e. The molecule has 2 aromatic rings. The van der Waals surface area contributed by atoms with E-state index in [1.54, 1.807) is 25.1 Å². The fourth-order valence-corrected chi connectivity index (χ4v) is 4.39. The van der Waals surface area contributed by atoms with Crippen LogP contribution < -0.4 is 4.72 Å². The van der Waals surface area contributed by atoms with Crippen molar-refractivity contribution in [3.63, 3.8) is 0 Å². The Morgan fingerprint density at radius 1 is 1.40 bits per heavy atom. The number of anilines is 1. The van der Waals surface area contributed by atoms with Gasteiger partial charge in [-0.05, 0) is 26.0 Å². The Bertz CT molecular complexity index is 769. The highest BCUT2D eigenvalue weighted by molar-refractivity contribution is 7.94. The Morgan fingerprint density at radius 3 is 2.65 bits per heavy atom. The largest absolute Gasteiger partial charge is 0.295 e. The number of aromatic nitrogens is 1. The van der Waals surface area contributed by atoms with Gasteiger partial charge in [-0.15, -0.1) is 0 Å². The third kappa shape index (κ3) is 3.17. The second-order valence-corrected chi connectivity index (χ2v) is 7.54. The molecule has 1 heterocycles. The van der Waals surface area contributed by atoms with Gasteiger partial charge < -0.3 is 0 Å². The predicted molar refractivity (Wildman–Crippen MR) is 79.1 cm³/mol. The van der Waals surface area contributed by atoms with Gasteiger partial charge in [0.1, 0.15) is 0 Å². The first-order chi connectivity index (χ1) is 9.29. The number of hydrogen-bond donors (Lipinski definition) is 1. The highest BCUT2D eigenvalue weighted by Gasteiger charge is 2.21. The van der Waals surface area contributed by atoms with E-state index in [0.717, 1.165) is 11.3 Å². The van der Waals surface area contributed by atoms with Crippen molar-refractivity contribution in [2.24, 2.45) is 0 Å². The SMILES string of the molecule is CC(=O)c1cccc(NS(=O)(=O)c2sc(Cl)nc2C)c1. The van der Waals surface area contributed by atoms with Crippen LogP contribution in [-0.2, 0) is 10.0 Å². The van der Waals surface area contributed by atoms with Gasteiger partial charge in [0.2, 0.25) is 0 Å². The van der Waals surface area contributed by atoms with Crippen LogP contribution in [0, 0.1) is 6.92 Å². The van der Waals surface area contributed by atoms with Crippen molar-refractivity contribution < 1.29 is 13.2 Å². The minimum Gasteiger partial charge on any atom is -0.295 e. The summed E-state index contributed by atoms with van der Waals surface area (Å²) in [5.41, 5.74) is 1.10. The molecule has 0 saturated heterocycles. The van der Waals surface area contributed by atoms with Crippen LogP contribution in [0.3, 0.4) is 0 Å². The monoisotopic (exact) mass is 330 g/mol. The van der Waals surface area contributed by atoms with Crippen LogP contribution in [0.25, 0.3) is 0 Å². The summed E-state index contributed by atoms with van der Waals surface area (Å²) < 4.78 is 27.1. The minimum absolute atomic E-state index is 0.0655. The van der Waals surface area contributed by atoms with Crippen LogP contribution in [0.2, 0.25) is 4.47 Å². The number of ketones is 1. The van der Waals surface area contributed by atoms with Crippen molar-refractivity contribution in [2.75, 3.05) is 4.72 Å². The average Bonchev–Trinajstić information content (AvgIpc) is 2.69. The second-order valence-electron chi connectivity index (χ2n) is 4.08. The number of rotatable bonds is 4. The maximum atomic E-state index is 12.2. The third-order valence-electron chi connectivity index (χ3n) is 2.49. The van der Waals surface area contributed by atoms with Gasteiger partial charge >= 0.3 is 0 Å². The second kappa shape index (κ2) is 5.51. The van der Waals surface area contributed by atoms with Gasteiger partial charge in [-0.3, -0.25) is 9.52 Å². The summed E-state index contributed by atoms with van der Waals surface area (Å²) in [4.78, 5) is 15.2. The number of nitrogens with one attached hydrogen (secondary N) is 1. The third-order valence-corrected chi connectivity index (χ3v) is 5.75.